The lowest BCUT2D eigenvalue weighted by Crippen LogP contribution is -2.33. The van der Waals surface area contributed by atoms with Crippen LogP contribution in [0.15, 0.2) is 42.5 Å². The fourth-order valence-electron chi connectivity index (χ4n) is 4.75. The van der Waals surface area contributed by atoms with Crippen molar-refractivity contribution < 1.29 is 18.9 Å². The summed E-state index contributed by atoms with van der Waals surface area (Å²) in [6.45, 7) is 15.8. The van der Waals surface area contributed by atoms with Gasteiger partial charge in [0.2, 0.25) is 11.8 Å². The van der Waals surface area contributed by atoms with Crippen LogP contribution in [0.1, 0.15) is 96.5 Å². The van der Waals surface area contributed by atoms with Crippen molar-refractivity contribution in [2.45, 2.75) is 104 Å². The summed E-state index contributed by atoms with van der Waals surface area (Å²) in [6, 6.07) is 15.1. The molecule has 0 spiro atoms. The van der Waals surface area contributed by atoms with E-state index >= 15 is 0 Å². The molecule has 1 aliphatic carbocycles. The van der Waals surface area contributed by atoms with Crippen molar-refractivity contribution in [2.24, 2.45) is 0 Å². The highest BCUT2D eigenvalue weighted by atomic mass is 16.5. The first kappa shape index (κ1) is 27.6. The number of benzene rings is 1. The van der Waals surface area contributed by atoms with E-state index < -0.39 is 0 Å². The number of rotatable bonds is 11. The molecule has 2 heterocycles. The minimum atomic E-state index is -0.0454. The van der Waals surface area contributed by atoms with Crippen LogP contribution in [0.5, 0.6) is 23.8 Å². The molecule has 3 atom stereocenters. The zero-order valence-corrected chi connectivity index (χ0v) is 23.7. The molecule has 0 radical (unpaired) electrons. The molecule has 0 aliphatic heterocycles. The molecule has 204 valence electrons. The molecule has 0 saturated heterocycles. The average Bonchev–Trinajstić information content (AvgIpc) is 2.77. The third kappa shape index (κ3) is 6.91. The van der Waals surface area contributed by atoms with Gasteiger partial charge in [0.15, 0.2) is 0 Å². The number of aromatic nitrogens is 4. The Labute approximate surface area is 226 Å². The Balaban J connectivity index is 1.74. The summed E-state index contributed by atoms with van der Waals surface area (Å²) in [4.78, 5) is 18.6. The van der Waals surface area contributed by atoms with E-state index in [2.05, 4.69) is 34.2 Å². The smallest absolute Gasteiger partial charge is 0.320 e. The fourth-order valence-corrected chi connectivity index (χ4v) is 4.75. The minimum absolute atomic E-state index is 0.0107. The second kappa shape index (κ2) is 12.0. The SMILES string of the molecule is CC(C)Oc1cc([C@H]2C[C@@H](c3cc(OC(C)C)nc(OC(C)C)n3)C2c2ccccc2)nc(OC(C)C)n1. The van der Waals surface area contributed by atoms with Crippen LogP contribution < -0.4 is 18.9 Å². The zero-order valence-electron chi connectivity index (χ0n) is 23.7. The summed E-state index contributed by atoms with van der Waals surface area (Å²) in [7, 11) is 0. The average molecular weight is 521 g/mol. The Morgan fingerprint density at radius 2 is 1.00 bits per heavy atom. The van der Waals surface area contributed by atoms with Crippen molar-refractivity contribution >= 4 is 0 Å². The van der Waals surface area contributed by atoms with Crippen LogP contribution in [0.3, 0.4) is 0 Å². The zero-order chi connectivity index (χ0) is 27.4. The van der Waals surface area contributed by atoms with Crippen molar-refractivity contribution in [1.82, 2.24) is 19.9 Å². The molecule has 0 bridgehead atoms. The third-order valence-corrected chi connectivity index (χ3v) is 6.12. The van der Waals surface area contributed by atoms with Crippen molar-refractivity contribution in [3.05, 3.63) is 59.4 Å². The van der Waals surface area contributed by atoms with E-state index in [1.807, 2.05) is 73.6 Å². The van der Waals surface area contributed by atoms with Crippen LogP contribution in [0.4, 0.5) is 0 Å². The molecule has 4 rings (SSSR count). The third-order valence-electron chi connectivity index (χ3n) is 6.12. The second-order valence-electron chi connectivity index (χ2n) is 10.9. The van der Waals surface area contributed by atoms with Crippen LogP contribution >= 0.6 is 0 Å². The quantitative estimate of drug-likeness (QED) is 0.284. The van der Waals surface area contributed by atoms with Crippen LogP contribution in [0.25, 0.3) is 0 Å². The van der Waals surface area contributed by atoms with Crippen molar-refractivity contribution in [3.63, 3.8) is 0 Å². The van der Waals surface area contributed by atoms with Gasteiger partial charge in [-0.25, -0.2) is 0 Å². The summed E-state index contributed by atoms with van der Waals surface area (Å²) in [5, 5.41) is 0. The standard InChI is InChI=1S/C30H40N4O4/c1-17(2)35-26-15-24(31-29(33-26)37-19(5)6)22-14-23(28(22)21-12-10-9-11-13-21)25-16-27(36-18(3)4)34-30(32-25)38-20(7)8/h9-13,15-20,22-23,28H,14H2,1-8H3/t22-,23+,28?. The number of nitrogens with zero attached hydrogens (tertiary/aromatic N) is 4. The van der Waals surface area contributed by atoms with Crippen molar-refractivity contribution in [2.75, 3.05) is 0 Å². The van der Waals surface area contributed by atoms with Crippen molar-refractivity contribution in [3.8, 4) is 23.8 Å². The topological polar surface area (TPSA) is 88.5 Å². The summed E-state index contributed by atoms with van der Waals surface area (Å²) in [6.07, 6.45) is 0.733. The molecule has 38 heavy (non-hydrogen) atoms. The van der Waals surface area contributed by atoms with E-state index in [1.54, 1.807) is 0 Å². The molecule has 8 heteroatoms. The van der Waals surface area contributed by atoms with Crippen LogP contribution in [0.2, 0.25) is 0 Å². The highest BCUT2D eigenvalue weighted by molar-refractivity contribution is 5.39. The maximum atomic E-state index is 5.97. The van der Waals surface area contributed by atoms with Gasteiger partial charge in [0.25, 0.3) is 0 Å². The molecular weight excluding hydrogens is 480 g/mol. The molecule has 1 saturated carbocycles. The van der Waals surface area contributed by atoms with E-state index in [1.165, 1.54) is 5.56 Å². The molecule has 1 aliphatic rings. The van der Waals surface area contributed by atoms with Gasteiger partial charge in [0, 0.05) is 29.9 Å². The molecule has 2 aromatic heterocycles. The van der Waals surface area contributed by atoms with Gasteiger partial charge in [-0.05, 0) is 67.4 Å². The molecular formula is C30H40N4O4. The normalized spacial score (nSPS) is 19.1. The first-order valence-corrected chi connectivity index (χ1v) is 13.6. The van der Waals surface area contributed by atoms with Gasteiger partial charge in [-0.2, -0.15) is 19.9 Å². The Morgan fingerprint density at radius 1 is 0.579 bits per heavy atom. The van der Waals surface area contributed by atoms with Crippen LogP contribution in [0, 0.1) is 0 Å². The lowest BCUT2D eigenvalue weighted by molar-refractivity contribution is 0.195. The van der Waals surface area contributed by atoms with E-state index in [4.69, 9.17) is 28.9 Å². The molecule has 1 aromatic carbocycles. The van der Waals surface area contributed by atoms with Gasteiger partial charge >= 0.3 is 12.0 Å². The Kier molecular flexibility index (Phi) is 8.69. The molecule has 1 fully saturated rings. The molecule has 1 unspecified atom stereocenters. The molecule has 0 N–H and O–H groups in total. The summed E-state index contributed by atoms with van der Waals surface area (Å²) < 4.78 is 23.7. The minimum Gasteiger partial charge on any atom is -0.475 e. The van der Waals surface area contributed by atoms with E-state index in [0.717, 1.165) is 17.8 Å². The lowest BCUT2D eigenvalue weighted by Gasteiger charge is -2.44. The number of ether oxygens (including phenoxy) is 4. The fraction of sp³-hybridized carbons (Fsp3) is 0.533. The summed E-state index contributed by atoms with van der Waals surface area (Å²) in [5.41, 5.74) is 3.03. The highest BCUT2D eigenvalue weighted by Crippen LogP contribution is 2.58. The Morgan fingerprint density at radius 3 is 1.39 bits per heavy atom. The van der Waals surface area contributed by atoms with Gasteiger partial charge in [-0.3, -0.25) is 0 Å². The van der Waals surface area contributed by atoms with E-state index in [9.17, 15) is 0 Å². The Bertz CT molecular complexity index is 1070. The largest absolute Gasteiger partial charge is 0.475 e. The van der Waals surface area contributed by atoms with Crippen LogP contribution in [-0.2, 0) is 0 Å². The van der Waals surface area contributed by atoms with Crippen LogP contribution in [-0.4, -0.2) is 44.4 Å². The highest BCUT2D eigenvalue weighted by Gasteiger charge is 2.46. The Hall–Kier alpha value is -3.42. The van der Waals surface area contributed by atoms with Gasteiger partial charge in [-0.15, -0.1) is 0 Å². The lowest BCUT2D eigenvalue weighted by atomic mass is 9.59. The summed E-state index contributed by atoms with van der Waals surface area (Å²) in [5.74, 6) is 1.46. The van der Waals surface area contributed by atoms with Gasteiger partial charge < -0.3 is 18.9 Å². The molecule has 8 nitrogen and oxygen atoms in total. The second-order valence-corrected chi connectivity index (χ2v) is 10.9. The van der Waals surface area contributed by atoms with Crippen molar-refractivity contribution in [1.29, 1.82) is 0 Å². The predicted octanol–water partition coefficient (Wildman–Crippen LogP) is 6.47. The van der Waals surface area contributed by atoms with E-state index in [0.29, 0.717) is 23.8 Å². The summed E-state index contributed by atoms with van der Waals surface area (Å²) >= 11 is 0. The van der Waals surface area contributed by atoms with Gasteiger partial charge in [0.05, 0.1) is 35.8 Å². The first-order valence-electron chi connectivity index (χ1n) is 13.6. The monoisotopic (exact) mass is 520 g/mol. The van der Waals surface area contributed by atoms with Gasteiger partial charge in [-0.1, -0.05) is 30.3 Å². The number of hydrogen-bond acceptors (Lipinski definition) is 8. The van der Waals surface area contributed by atoms with E-state index in [-0.39, 0.29) is 42.2 Å². The maximum Gasteiger partial charge on any atom is 0.320 e. The van der Waals surface area contributed by atoms with Gasteiger partial charge in [0.1, 0.15) is 0 Å². The molecule has 3 aromatic rings. The molecule has 0 amide bonds. The number of hydrogen-bond donors (Lipinski definition) is 0. The first-order chi connectivity index (χ1) is 18.1. The maximum absolute atomic E-state index is 5.97. The predicted molar refractivity (Wildman–Crippen MR) is 146 cm³/mol.